The van der Waals surface area contributed by atoms with Gasteiger partial charge >= 0.3 is 6.03 Å². The molecule has 4 aliphatic rings. The van der Waals surface area contributed by atoms with Crippen molar-refractivity contribution in [3.8, 4) is 0 Å². The average Bonchev–Trinajstić information content (AvgIpc) is 3.89. The first kappa shape index (κ1) is 27.8. The second-order valence-corrected chi connectivity index (χ2v) is 13.0. The van der Waals surface area contributed by atoms with E-state index in [9.17, 15) is 14.4 Å². The van der Waals surface area contributed by atoms with Gasteiger partial charge in [0.15, 0.2) is 0 Å². The number of hydrogen-bond donors (Lipinski definition) is 4. The summed E-state index contributed by atoms with van der Waals surface area (Å²) in [4.78, 5) is 42.5. The van der Waals surface area contributed by atoms with Crippen LogP contribution in [0.25, 0.3) is 0 Å². The van der Waals surface area contributed by atoms with E-state index < -0.39 is 11.6 Å². The highest BCUT2D eigenvalue weighted by atomic mass is 16.2. The summed E-state index contributed by atoms with van der Waals surface area (Å²) in [5, 5.41) is 9.35. The maximum absolute atomic E-state index is 14.2. The first-order valence-electron chi connectivity index (χ1n) is 15.4. The number of nitrogens with one attached hydrogen (secondary N) is 3. The molecule has 0 radical (unpaired) electrons. The van der Waals surface area contributed by atoms with Crippen molar-refractivity contribution >= 4 is 29.2 Å². The van der Waals surface area contributed by atoms with Crippen LogP contribution in [0.3, 0.4) is 0 Å². The minimum absolute atomic E-state index is 0.0268. The Morgan fingerprint density at radius 1 is 1.02 bits per heavy atom. The first-order valence-corrected chi connectivity index (χ1v) is 15.4. The van der Waals surface area contributed by atoms with E-state index in [1.807, 2.05) is 42.5 Å². The van der Waals surface area contributed by atoms with Crippen LogP contribution in [0.2, 0.25) is 0 Å². The summed E-state index contributed by atoms with van der Waals surface area (Å²) in [5.74, 6) is 1.37. The number of carbonyl (C=O) groups is 3. The lowest BCUT2D eigenvalue weighted by Crippen LogP contribution is -2.59. The third-order valence-electron chi connectivity index (χ3n) is 9.81. The molecule has 1 unspecified atom stereocenters. The third-order valence-corrected chi connectivity index (χ3v) is 9.81. The van der Waals surface area contributed by atoms with E-state index in [2.05, 4.69) is 36.7 Å². The van der Waals surface area contributed by atoms with E-state index in [0.29, 0.717) is 36.9 Å². The summed E-state index contributed by atoms with van der Waals surface area (Å²) >= 11 is 0. The number of para-hydroxylation sites is 1. The molecule has 2 aromatic rings. The van der Waals surface area contributed by atoms with Crippen LogP contribution in [0, 0.1) is 23.7 Å². The number of nitrogens with two attached hydrogens (primary N) is 1. The molecule has 4 amide bonds. The van der Waals surface area contributed by atoms with Crippen molar-refractivity contribution < 1.29 is 14.4 Å². The highest BCUT2D eigenvalue weighted by Gasteiger charge is 2.54. The molecule has 0 bridgehead atoms. The van der Waals surface area contributed by atoms with Gasteiger partial charge in [-0.1, -0.05) is 45.0 Å². The monoisotopic (exact) mass is 557 g/mol. The molecule has 3 aliphatic carbocycles. The number of rotatable bonds is 10. The molecule has 218 valence electrons. The van der Waals surface area contributed by atoms with Gasteiger partial charge in [0.05, 0.1) is 12.1 Å². The second kappa shape index (κ2) is 10.8. The number of urea groups is 1. The van der Waals surface area contributed by atoms with Crippen LogP contribution in [0.4, 0.5) is 16.2 Å². The number of carbonyl (C=O) groups excluding carboxylic acids is 3. The zero-order valence-corrected chi connectivity index (χ0v) is 24.4. The van der Waals surface area contributed by atoms with Gasteiger partial charge in [0, 0.05) is 30.8 Å². The van der Waals surface area contributed by atoms with E-state index in [0.717, 1.165) is 28.8 Å². The van der Waals surface area contributed by atoms with Crippen molar-refractivity contribution in [1.82, 2.24) is 10.2 Å². The van der Waals surface area contributed by atoms with Crippen LogP contribution in [0.5, 0.6) is 0 Å². The molecule has 0 aromatic heterocycles. The quantitative estimate of drug-likeness (QED) is 0.345. The second-order valence-electron chi connectivity index (χ2n) is 13.0. The standard InChI is InChI=1S/C33H43N5O3/c1-4-20-7-5-6-8-26(20)36-31(40)33(38-18-27(19(2)3)37-32(38)41)16-23-13-14-25(15-24(23)17-33)35-30(39)29(34)28(21-9-10-21)22-11-12-22/h5-8,13-15,19,21-22,27-29H,4,9-12,16-18,34H2,1-3H3,(H,35,39)(H,36,40)(H,37,41)/t27-,29-,33?/m0/s1. The molecule has 5 N–H and O–H groups in total. The topological polar surface area (TPSA) is 117 Å². The Labute approximate surface area is 242 Å². The van der Waals surface area contributed by atoms with Gasteiger partial charge in [0.1, 0.15) is 5.54 Å². The Balaban J connectivity index is 1.26. The number of hydrogen-bond acceptors (Lipinski definition) is 4. The Bertz CT molecular complexity index is 1340. The zero-order valence-electron chi connectivity index (χ0n) is 24.4. The smallest absolute Gasteiger partial charge is 0.318 e. The molecular formula is C33H43N5O3. The van der Waals surface area contributed by atoms with Crippen LogP contribution in [0.15, 0.2) is 42.5 Å². The number of amides is 4. The molecule has 6 rings (SSSR count). The number of benzene rings is 2. The molecule has 41 heavy (non-hydrogen) atoms. The van der Waals surface area contributed by atoms with E-state index in [-0.39, 0.29) is 35.7 Å². The number of fused-ring (bicyclic) bond motifs is 1. The summed E-state index contributed by atoms with van der Waals surface area (Å²) in [5.41, 5.74) is 9.93. The maximum Gasteiger partial charge on any atom is 0.318 e. The molecule has 3 atom stereocenters. The van der Waals surface area contributed by atoms with Crippen LogP contribution in [0.1, 0.15) is 63.1 Å². The van der Waals surface area contributed by atoms with Crippen molar-refractivity contribution in [2.45, 2.75) is 83.3 Å². The molecule has 1 heterocycles. The zero-order chi connectivity index (χ0) is 28.9. The Morgan fingerprint density at radius 2 is 1.71 bits per heavy atom. The summed E-state index contributed by atoms with van der Waals surface area (Å²) in [6, 6.07) is 12.9. The van der Waals surface area contributed by atoms with Crippen molar-refractivity contribution in [1.29, 1.82) is 0 Å². The van der Waals surface area contributed by atoms with Gasteiger partial charge in [-0.3, -0.25) is 9.59 Å². The fourth-order valence-electron chi connectivity index (χ4n) is 7.04. The minimum Gasteiger partial charge on any atom is -0.333 e. The fraction of sp³-hybridized carbons (Fsp3) is 0.545. The molecule has 8 nitrogen and oxygen atoms in total. The highest BCUT2D eigenvalue weighted by molar-refractivity contribution is 6.02. The summed E-state index contributed by atoms with van der Waals surface area (Å²) in [6.45, 7) is 6.69. The van der Waals surface area contributed by atoms with E-state index in [1.165, 1.54) is 25.7 Å². The predicted molar refractivity (Wildman–Crippen MR) is 160 cm³/mol. The Morgan fingerprint density at radius 3 is 2.34 bits per heavy atom. The molecule has 2 saturated carbocycles. The normalized spacial score (nSPS) is 24.4. The van der Waals surface area contributed by atoms with Gasteiger partial charge in [0.2, 0.25) is 5.91 Å². The Hall–Kier alpha value is -3.39. The van der Waals surface area contributed by atoms with Crippen molar-refractivity contribution in [2.75, 3.05) is 17.2 Å². The van der Waals surface area contributed by atoms with Gasteiger partial charge in [-0.25, -0.2) is 4.79 Å². The van der Waals surface area contributed by atoms with Crippen LogP contribution >= 0.6 is 0 Å². The van der Waals surface area contributed by atoms with E-state index >= 15 is 0 Å². The number of nitrogens with zero attached hydrogens (tertiary/aromatic N) is 1. The molecule has 8 heteroatoms. The van der Waals surface area contributed by atoms with Gasteiger partial charge < -0.3 is 26.6 Å². The average molecular weight is 558 g/mol. The molecular weight excluding hydrogens is 514 g/mol. The summed E-state index contributed by atoms with van der Waals surface area (Å²) in [7, 11) is 0. The van der Waals surface area contributed by atoms with Crippen molar-refractivity contribution in [2.24, 2.45) is 29.4 Å². The lowest BCUT2D eigenvalue weighted by molar-refractivity contribution is -0.125. The van der Waals surface area contributed by atoms with Crippen LogP contribution in [-0.4, -0.2) is 46.9 Å². The maximum atomic E-state index is 14.2. The van der Waals surface area contributed by atoms with E-state index in [1.54, 1.807) is 4.90 Å². The molecule has 3 fully saturated rings. The Kier molecular flexibility index (Phi) is 7.30. The summed E-state index contributed by atoms with van der Waals surface area (Å²) < 4.78 is 0. The van der Waals surface area contributed by atoms with Gasteiger partial charge in [0.25, 0.3) is 5.91 Å². The van der Waals surface area contributed by atoms with Crippen molar-refractivity contribution in [3.05, 3.63) is 59.2 Å². The van der Waals surface area contributed by atoms with Crippen LogP contribution < -0.4 is 21.7 Å². The van der Waals surface area contributed by atoms with Gasteiger partial charge in [-0.05, 0) is 90.7 Å². The lowest BCUT2D eigenvalue weighted by atomic mass is 9.89. The summed E-state index contributed by atoms with van der Waals surface area (Å²) in [6.07, 6.45) is 6.29. The predicted octanol–water partition coefficient (Wildman–Crippen LogP) is 4.48. The minimum atomic E-state index is -1.07. The molecule has 2 aromatic carbocycles. The first-order chi connectivity index (χ1) is 19.7. The van der Waals surface area contributed by atoms with Crippen molar-refractivity contribution in [3.63, 3.8) is 0 Å². The largest absolute Gasteiger partial charge is 0.333 e. The van der Waals surface area contributed by atoms with Gasteiger partial charge in [-0.15, -0.1) is 0 Å². The fourth-order valence-corrected chi connectivity index (χ4v) is 7.04. The lowest BCUT2D eigenvalue weighted by Gasteiger charge is -2.37. The highest BCUT2D eigenvalue weighted by Crippen LogP contribution is 2.50. The van der Waals surface area contributed by atoms with Gasteiger partial charge in [-0.2, -0.15) is 0 Å². The molecule has 0 spiro atoms. The number of anilines is 2. The SMILES string of the molecule is CCc1ccccc1NC(=O)C1(N2C[C@@H](C(C)C)NC2=O)Cc2ccc(NC(=O)[C@@H](N)C(C3CC3)C3CC3)cc2C1. The van der Waals surface area contributed by atoms with Crippen LogP contribution in [-0.2, 0) is 28.9 Å². The molecule has 1 aliphatic heterocycles. The third kappa shape index (κ3) is 5.34. The number of aryl methyl sites for hydroxylation is 1. The van der Waals surface area contributed by atoms with E-state index in [4.69, 9.17) is 5.73 Å². The molecule has 1 saturated heterocycles.